The summed E-state index contributed by atoms with van der Waals surface area (Å²) in [5.41, 5.74) is 0.930. The number of carbonyl (C=O) groups is 1. The Balaban J connectivity index is 0.000000379. The molecule has 0 bridgehead atoms. The number of hydrogen-bond donors (Lipinski definition) is 0. The number of alkyl halides is 3. The van der Waals surface area contributed by atoms with E-state index in [1.165, 1.54) is 30.7 Å². The lowest BCUT2D eigenvalue weighted by Gasteiger charge is -2.05. The lowest BCUT2D eigenvalue weighted by Crippen LogP contribution is -2.15. The van der Waals surface area contributed by atoms with Crippen molar-refractivity contribution in [1.82, 2.24) is 9.55 Å². The summed E-state index contributed by atoms with van der Waals surface area (Å²) in [5.74, 6) is -0.275. The van der Waals surface area contributed by atoms with Crippen LogP contribution in [-0.2, 0) is 23.0 Å². The summed E-state index contributed by atoms with van der Waals surface area (Å²) in [5, 5.41) is 0.566. The van der Waals surface area contributed by atoms with Crippen LogP contribution in [0.3, 0.4) is 0 Å². The standard InChI is InChI=1S/C10H7Cl2F3N2.C4H8O2/c1-17-8-3-6(12)5(11)2-7(8)16-9(17)4-10(13,14)15;1-3-6-4(2)5/h2-3H,4H2,1H3;3H2,1-2H3. The number of esters is 1. The highest BCUT2D eigenvalue weighted by atomic mass is 35.5. The van der Waals surface area contributed by atoms with Crippen molar-refractivity contribution in [2.45, 2.75) is 26.4 Å². The second-order valence-electron chi connectivity index (χ2n) is 4.56. The van der Waals surface area contributed by atoms with E-state index in [2.05, 4.69) is 9.72 Å². The zero-order valence-corrected chi connectivity index (χ0v) is 14.2. The van der Waals surface area contributed by atoms with E-state index in [9.17, 15) is 18.0 Å². The van der Waals surface area contributed by atoms with Crippen LogP contribution >= 0.6 is 23.2 Å². The fraction of sp³-hybridized carbons (Fsp3) is 0.429. The van der Waals surface area contributed by atoms with E-state index in [1.807, 2.05) is 0 Å². The molecule has 2 aromatic rings. The lowest BCUT2D eigenvalue weighted by atomic mass is 10.3. The van der Waals surface area contributed by atoms with Gasteiger partial charge in [0.1, 0.15) is 12.2 Å². The zero-order chi connectivity index (χ0) is 17.8. The predicted octanol–water partition coefficient (Wildman–Crippen LogP) is 4.55. The Bertz CT molecular complexity index is 699. The first kappa shape index (κ1) is 19.6. The summed E-state index contributed by atoms with van der Waals surface area (Å²) in [6.07, 6.45) is -5.36. The van der Waals surface area contributed by atoms with Gasteiger partial charge in [-0.1, -0.05) is 23.2 Å². The van der Waals surface area contributed by atoms with Crippen molar-refractivity contribution in [3.63, 3.8) is 0 Å². The highest BCUT2D eigenvalue weighted by Gasteiger charge is 2.30. The summed E-state index contributed by atoms with van der Waals surface area (Å²) < 4.78 is 42.7. The Labute approximate surface area is 141 Å². The van der Waals surface area contributed by atoms with Crippen LogP contribution < -0.4 is 0 Å². The Hall–Kier alpha value is -1.47. The normalized spacial score (nSPS) is 11.1. The van der Waals surface area contributed by atoms with Gasteiger partial charge in [-0.3, -0.25) is 4.79 Å². The zero-order valence-electron chi connectivity index (χ0n) is 12.7. The van der Waals surface area contributed by atoms with Gasteiger partial charge in [-0.05, 0) is 19.1 Å². The van der Waals surface area contributed by atoms with Gasteiger partial charge in [0.05, 0.1) is 27.7 Å². The van der Waals surface area contributed by atoms with Gasteiger partial charge in [-0.25, -0.2) is 4.98 Å². The molecule has 0 saturated carbocycles. The number of ether oxygens (including phenoxy) is 1. The number of benzene rings is 1. The minimum atomic E-state index is -4.29. The molecule has 0 N–H and O–H groups in total. The number of fused-ring (bicyclic) bond motifs is 1. The summed E-state index contributed by atoms with van der Waals surface area (Å²) in [4.78, 5) is 13.7. The fourth-order valence-corrected chi connectivity index (χ4v) is 2.09. The second-order valence-corrected chi connectivity index (χ2v) is 5.37. The van der Waals surface area contributed by atoms with Gasteiger partial charge in [0.15, 0.2) is 0 Å². The first-order chi connectivity index (χ1) is 10.5. The van der Waals surface area contributed by atoms with E-state index in [0.717, 1.165) is 0 Å². The number of halogens is 5. The third-order valence-corrected chi connectivity index (χ3v) is 3.44. The lowest BCUT2D eigenvalue weighted by molar-refractivity contribution is -0.140. The van der Waals surface area contributed by atoms with Crippen molar-refractivity contribution in [2.24, 2.45) is 7.05 Å². The number of hydrogen-bond acceptors (Lipinski definition) is 3. The van der Waals surface area contributed by atoms with Crippen molar-refractivity contribution in [1.29, 1.82) is 0 Å². The molecule has 4 nitrogen and oxygen atoms in total. The van der Waals surface area contributed by atoms with Crippen LogP contribution in [0.1, 0.15) is 19.7 Å². The molecule has 0 aliphatic heterocycles. The Morgan fingerprint density at radius 3 is 2.30 bits per heavy atom. The van der Waals surface area contributed by atoms with E-state index >= 15 is 0 Å². The van der Waals surface area contributed by atoms with Gasteiger partial charge in [0.25, 0.3) is 0 Å². The molecule has 1 heterocycles. The highest BCUT2D eigenvalue weighted by molar-refractivity contribution is 6.42. The average Bonchev–Trinajstić information content (AvgIpc) is 2.66. The van der Waals surface area contributed by atoms with Gasteiger partial charge in [-0.2, -0.15) is 13.2 Å². The van der Waals surface area contributed by atoms with Crippen LogP contribution in [0.25, 0.3) is 11.0 Å². The molecule has 0 aliphatic rings. The second kappa shape index (κ2) is 7.88. The van der Waals surface area contributed by atoms with Crippen LogP contribution in [0.15, 0.2) is 12.1 Å². The summed E-state index contributed by atoms with van der Waals surface area (Å²) in [6, 6.07) is 2.96. The van der Waals surface area contributed by atoms with Crippen molar-refractivity contribution < 1.29 is 22.7 Å². The smallest absolute Gasteiger partial charge is 0.396 e. The largest absolute Gasteiger partial charge is 0.466 e. The van der Waals surface area contributed by atoms with Crippen LogP contribution in [0, 0.1) is 0 Å². The number of aryl methyl sites for hydroxylation is 1. The minimum Gasteiger partial charge on any atom is -0.466 e. The maximum atomic E-state index is 12.3. The third-order valence-electron chi connectivity index (χ3n) is 2.72. The Morgan fingerprint density at radius 2 is 1.87 bits per heavy atom. The van der Waals surface area contributed by atoms with Crippen LogP contribution in [0.2, 0.25) is 10.0 Å². The van der Waals surface area contributed by atoms with Crippen molar-refractivity contribution in [3.05, 3.63) is 28.0 Å². The summed E-state index contributed by atoms with van der Waals surface area (Å²) in [7, 11) is 1.51. The number of imidazole rings is 1. The van der Waals surface area contributed by atoms with Gasteiger partial charge in [-0.15, -0.1) is 0 Å². The van der Waals surface area contributed by atoms with Crippen LogP contribution in [0.5, 0.6) is 0 Å². The first-order valence-corrected chi connectivity index (χ1v) is 7.31. The molecule has 1 aromatic carbocycles. The molecule has 0 atom stereocenters. The summed E-state index contributed by atoms with van der Waals surface area (Å²) in [6.45, 7) is 3.65. The Kier molecular flexibility index (Phi) is 6.70. The first-order valence-electron chi connectivity index (χ1n) is 6.55. The van der Waals surface area contributed by atoms with Gasteiger partial charge in [0, 0.05) is 14.0 Å². The molecule has 0 radical (unpaired) electrons. The van der Waals surface area contributed by atoms with Gasteiger partial charge >= 0.3 is 12.1 Å². The average molecular weight is 371 g/mol. The van der Waals surface area contributed by atoms with E-state index < -0.39 is 12.6 Å². The molecule has 0 amide bonds. The quantitative estimate of drug-likeness (QED) is 0.728. The SMILES string of the molecule is CCOC(C)=O.Cn1c(CC(F)(F)F)nc2cc(Cl)c(Cl)cc21. The molecular formula is C14H15Cl2F3N2O2. The van der Waals surface area contributed by atoms with E-state index in [1.54, 1.807) is 6.92 Å². The van der Waals surface area contributed by atoms with Crippen molar-refractivity contribution in [2.75, 3.05) is 6.61 Å². The number of carbonyl (C=O) groups excluding carboxylic acids is 1. The molecule has 0 unspecified atom stereocenters. The number of nitrogens with zero attached hydrogens (tertiary/aromatic N) is 2. The molecule has 23 heavy (non-hydrogen) atoms. The van der Waals surface area contributed by atoms with Crippen LogP contribution in [-0.4, -0.2) is 28.3 Å². The number of aromatic nitrogens is 2. The van der Waals surface area contributed by atoms with Crippen molar-refractivity contribution in [3.8, 4) is 0 Å². The Morgan fingerprint density at radius 1 is 1.30 bits per heavy atom. The van der Waals surface area contributed by atoms with E-state index in [-0.39, 0.29) is 16.8 Å². The predicted molar refractivity (Wildman–Crippen MR) is 82.8 cm³/mol. The molecule has 0 aliphatic carbocycles. The van der Waals surface area contributed by atoms with Crippen molar-refractivity contribution >= 4 is 40.2 Å². The maximum absolute atomic E-state index is 12.3. The van der Waals surface area contributed by atoms with Gasteiger partial charge in [0.2, 0.25) is 0 Å². The monoisotopic (exact) mass is 370 g/mol. The molecule has 128 valence electrons. The maximum Gasteiger partial charge on any atom is 0.396 e. The molecule has 0 saturated heterocycles. The third kappa shape index (κ3) is 5.91. The van der Waals surface area contributed by atoms with E-state index in [4.69, 9.17) is 23.2 Å². The highest BCUT2D eigenvalue weighted by Crippen LogP contribution is 2.29. The molecule has 9 heteroatoms. The molecule has 2 rings (SSSR count). The van der Waals surface area contributed by atoms with E-state index in [0.29, 0.717) is 22.7 Å². The summed E-state index contributed by atoms with van der Waals surface area (Å²) >= 11 is 11.6. The minimum absolute atomic E-state index is 0.0640. The molecule has 1 aromatic heterocycles. The van der Waals surface area contributed by atoms with Crippen LogP contribution in [0.4, 0.5) is 13.2 Å². The molecule has 0 spiro atoms. The fourth-order valence-electron chi connectivity index (χ4n) is 1.78. The topological polar surface area (TPSA) is 44.1 Å². The molecular weight excluding hydrogens is 356 g/mol. The number of rotatable bonds is 2. The van der Waals surface area contributed by atoms with Gasteiger partial charge < -0.3 is 9.30 Å². The molecule has 0 fully saturated rings.